The summed E-state index contributed by atoms with van der Waals surface area (Å²) in [5.41, 5.74) is 1.11. The van der Waals surface area contributed by atoms with Crippen molar-refractivity contribution in [2.24, 2.45) is 7.05 Å². The average molecular weight is 310 g/mol. The lowest BCUT2D eigenvalue weighted by Crippen LogP contribution is -2.01. The molecule has 2 heterocycles. The number of hydrogen-bond donors (Lipinski definition) is 1. The summed E-state index contributed by atoms with van der Waals surface area (Å²) >= 11 is 3.48. The smallest absolute Gasteiger partial charge is 0.231 e. The van der Waals surface area contributed by atoms with Gasteiger partial charge in [-0.05, 0) is 33.6 Å². The van der Waals surface area contributed by atoms with Crippen LogP contribution in [0, 0.1) is 0 Å². The van der Waals surface area contributed by atoms with Gasteiger partial charge in [-0.25, -0.2) is 0 Å². The molecular formula is C12H12BrN3O2. The summed E-state index contributed by atoms with van der Waals surface area (Å²) in [5, 5.41) is 7.51. The van der Waals surface area contributed by atoms with E-state index in [4.69, 9.17) is 9.47 Å². The van der Waals surface area contributed by atoms with Crippen molar-refractivity contribution in [1.29, 1.82) is 0 Å². The van der Waals surface area contributed by atoms with Crippen LogP contribution in [0.2, 0.25) is 0 Å². The second kappa shape index (κ2) is 4.53. The van der Waals surface area contributed by atoms with Crippen molar-refractivity contribution in [2.45, 2.75) is 6.54 Å². The van der Waals surface area contributed by atoms with E-state index >= 15 is 0 Å². The van der Waals surface area contributed by atoms with Gasteiger partial charge in [0.25, 0.3) is 0 Å². The van der Waals surface area contributed by atoms with E-state index in [1.165, 1.54) is 0 Å². The van der Waals surface area contributed by atoms with E-state index < -0.39 is 0 Å². The summed E-state index contributed by atoms with van der Waals surface area (Å²) in [6.07, 6.45) is 1.90. The number of aryl methyl sites for hydroxylation is 1. The normalized spacial score (nSPS) is 12.8. The molecule has 1 N–H and O–H groups in total. The molecule has 0 saturated heterocycles. The average Bonchev–Trinajstić information content (AvgIpc) is 2.95. The van der Waals surface area contributed by atoms with Gasteiger partial charge in [0.2, 0.25) is 6.79 Å². The molecule has 94 valence electrons. The van der Waals surface area contributed by atoms with Crippen LogP contribution in [0.4, 0.5) is 5.82 Å². The van der Waals surface area contributed by atoms with Crippen LogP contribution < -0.4 is 14.8 Å². The van der Waals surface area contributed by atoms with Gasteiger partial charge in [-0.3, -0.25) is 4.68 Å². The summed E-state index contributed by atoms with van der Waals surface area (Å²) in [6.45, 7) is 0.970. The second-order valence-electron chi connectivity index (χ2n) is 4.04. The summed E-state index contributed by atoms with van der Waals surface area (Å²) < 4.78 is 13.4. The van der Waals surface area contributed by atoms with E-state index in [0.717, 1.165) is 27.4 Å². The lowest BCUT2D eigenvalue weighted by molar-refractivity contribution is 0.173. The third kappa shape index (κ3) is 2.15. The fourth-order valence-electron chi connectivity index (χ4n) is 1.82. The molecule has 0 unspecified atom stereocenters. The van der Waals surface area contributed by atoms with Crippen LogP contribution in [0.25, 0.3) is 0 Å². The van der Waals surface area contributed by atoms with Crippen molar-refractivity contribution in [1.82, 2.24) is 9.78 Å². The van der Waals surface area contributed by atoms with Gasteiger partial charge in [0, 0.05) is 25.9 Å². The molecule has 3 rings (SSSR count). The molecule has 0 saturated carbocycles. The Morgan fingerprint density at radius 3 is 3.11 bits per heavy atom. The summed E-state index contributed by atoms with van der Waals surface area (Å²) in [6, 6.07) is 5.93. The Morgan fingerprint density at radius 2 is 2.33 bits per heavy atom. The number of anilines is 1. The molecule has 0 radical (unpaired) electrons. The van der Waals surface area contributed by atoms with Crippen LogP contribution in [0.15, 0.2) is 28.9 Å². The predicted molar refractivity (Wildman–Crippen MR) is 70.8 cm³/mol. The highest BCUT2D eigenvalue weighted by atomic mass is 79.9. The van der Waals surface area contributed by atoms with Crippen molar-refractivity contribution >= 4 is 21.7 Å². The van der Waals surface area contributed by atoms with Crippen LogP contribution in [0.3, 0.4) is 0 Å². The van der Waals surface area contributed by atoms with E-state index in [1.54, 1.807) is 4.68 Å². The fourth-order valence-corrected chi connectivity index (χ4v) is 2.43. The Kier molecular flexibility index (Phi) is 2.87. The first kappa shape index (κ1) is 11.4. The molecule has 0 amide bonds. The number of halogens is 1. The maximum Gasteiger partial charge on any atom is 0.231 e. The SMILES string of the molecule is Cn1ccc(NCc2cc(Br)c3c(c2)OCO3)n1. The quantitative estimate of drug-likeness (QED) is 0.946. The first-order chi connectivity index (χ1) is 8.72. The van der Waals surface area contributed by atoms with Gasteiger partial charge in [0.05, 0.1) is 4.47 Å². The maximum absolute atomic E-state index is 5.38. The van der Waals surface area contributed by atoms with E-state index in [9.17, 15) is 0 Å². The molecule has 0 aliphatic carbocycles. The molecule has 0 bridgehead atoms. The first-order valence-electron chi connectivity index (χ1n) is 5.54. The molecule has 5 nitrogen and oxygen atoms in total. The van der Waals surface area contributed by atoms with Gasteiger partial charge in [-0.15, -0.1) is 0 Å². The van der Waals surface area contributed by atoms with Crippen LogP contribution in [0.5, 0.6) is 11.5 Å². The topological polar surface area (TPSA) is 48.3 Å². The summed E-state index contributed by atoms with van der Waals surface area (Å²) in [7, 11) is 1.89. The molecular weight excluding hydrogens is 298 g/mol. The Balaban J connectivity index is 1.75. The zero-order chi connectivity index (χ0) is 12.5. The number of hydrogen-bond acceptors (Lipinski definition) is 4. The van der Waals surface area contributed by atoms with Crippen LogP contribution in [-0.2, 0) is 13.6 Å². The third-order valence-electron chi connectivity index (χ3n) is 2.67. The standard InChI is InChI=1S/C12H12BrN3O2/c1-16-3-2-11(15-16)14-6-8-4-9(13)12-10(5-8)17-7-18-12/h2-5H,6-7H2,1H3,(H,14,15). The highest BCUT2D eigenvalue weighted by Crippen LogP contribution is 2.40. The number of nitrogens with zero attached hydrogens (tertiary/aromatic N) is 2. The Bertz CT molecular complexity index is 583. The van der Waals surface area contributed by atoms with Gasteiger partial charge in [0.1, 0.15) is 5.82 Å². The second-order valence-corrected chi connectivity index (χ2v) is 4.89. The van der Waals surface area contributed by atoms with E-state index in [2.05, 4.69) is 26.3 Å². The predicted octanol–water partition coefficient (Wildman–Crippen LogP) is 2.52. The molecule has 0 spiro atoms. The van der Waals surface area contributed by atoms with Gasteiger partial charge < -0.3 is 14.8 Å². The summed E-state index contributed by atoms with van der Waals surface area (Å²) in [4.78, 5) is 0. The third-order valence-corrected chi connectivity index (χ3v) is 3.26. The Labute approximate surface area is 113 Å². The van der Waals surface area contributed by atoms with Crippen molar-refractivity contribution in [2.75, 3.05) is 12.1 Å². The van der Waals surface area contributed by atoms with Crippen molar-refractivity contribution in [3.05, 3.63) is 34.4 Å². The maximum atomic E-state index is 5.38. The molecule has 6 heteroatoms. The number of ether oxygens (including phenoxy) is 2. The highest BCUT2D eigenvalue weighted by Gasteiger charge is 2.17. The molecule has 0 atom stereocenters. The molecule has 1 aliphatic rings. The minimum Gasteiger partial charge on any atom is -0.454 e. The Hall–Kier alpha value is -1.69. The molecule has 2 aromatic rings. The van der Waals surface area contributed by atoms with Gasteiger partial charge >= 0.3 is 0 Å². The van der Waals surface area contributed by atoms with Crippen LogP contribution in [-0.4, -0.2) is 16.6 Å². The van der Waals surface area contributed by atoms with Gasteiger partial charge in [-0.2, -0.15) is 5.10 Å². The Morgan fingerprint density at radius 1 is 1.44 bits per heavy atom. The summed E-state index contributed by atoms with van der Waals surface area (Å²) in [5.74, 6) is 2.41. The largest absolute Gasteiger partial charge is 0.454 e. The van der Waals surface area contributed by atoms with Gasteiger partial charge in [0.15, 0.2) is 11.5 Å². The number of benzene rings is 1. The van der Waals surface area contributed by atoms with E-state index in [1.807, 2.05) is 31.4 Å². The lowest BCUT2D eigenvalue weighted by atomic mass is 10.2. The minimum atomic E-state index is 0.283. The van der Waals surface area contributed by atoms with Gasteiger partial charge in [-0.1, -0.05) is 0 Å². The molecule has 0 fully saturated rings. The molecule has 18 heavy (non-hydrogen) atoms. The molecule has 1 aromatic carbocycles. The molecule has 1 aliphatic heterocycles. The van der Waals surface area contributed by atoms with Crippen LogP contribution in [0.1, 0.15) is 5.56 Å². The van der Waals surface area contributed by atoms with E-state index in [0.29, 0.717) is 6.54 Å². The van der Waals surface area contributed by atoms with Crippen LogP contribution >= 0.6 is 15.9 Å². The lowest BCUT2D eigenvalue weighted by Gasteiger charge is -2.06. The van der Waals surface area contributed by atoms with E-state index in [-0.39, 0.29) is 6.79 Å². The van der Waals surface area contributed by atoms with Crippen molar-refractivity contribution in [3.63, 3.8) is 0 Å². The zero-order valence-electron chi connectivity index (χ0n) is 9.81. The fraction of sp³-hybridized carbons (Fsp3) is 0.250. The number of fused-ring (bicyclic) bond motifs is 1. The minimum absolute atomic E-state index is 0.283. The number of rotatable bonds is 3. The first-order valence-corrected chi connectivity index (χ1v) is 6.33. The number of nitrogens with one attached hydrogen (secondary N) is 1. The van der Waals surface area contributed by atoms with Crippen molar-refractivity contribution < 1.29 is 9.47 Å². The number of aromatic nitrogens is 2. The zero-order valence-corrected chi connectivity index (χ0v) is 11.4. The highest BCUT2D eigenvalue weighted by molar-refractivity contribution is 9.10. The molecule has 1 aromatic heterocycles. The van der Waals surface area contributed by atoms with Crippen molar-refractivity contribution in [3.8, 4) is 11.5 Å². The monoisotopic (exact) mass is 309 g/mol.